The highest BCUT2D eigenvalue weighted by Gasteiger charge is 2.29. The Morgan fingerprint density at radius 3 is 2.45 bits per heavy atom. The maximum Gasteiger partial charge on any atom is 0.230 e. The van der Waals surface area contributed by atoms with Crippen molar-refractivity contribution in [1.29, 1.82) is 0 Å². The fourth-order valence-corrected chi connectivity index (χ4v) is 2.80. The third-order valence-electron chi connectivity index (χ3n) is 3.73. The second-order valence-corrected chi connectivity index (χ2v) is 6.50. The highest BCUT2D eigenvalue weighted by atomic mass is 79.9. The summed E-state index contributed by atoms with van der Waals surface area (Å²) in [4.78, 5) is 12.5. The van der Waals surface area contributed by atoms with Crippen LogP contribution in [0.1, 0.15) is 25.0 Å². The highest BCUT2D eigenvalue weighted by Crippen LogP contribution is 2.26. The average molecular weight is 362 g/mol. The number of ether oxygens (including phenoxy) is 1. The van der Waals surface area contributed by atoms with Crippen LogP contribution in [0.4, 0.5) is 0 Å². The first-order valence-corrected chi connectivity index (χ1v) is 7.90. The molecular formula is C18H20BrNO2. The first-order valence-electron chi connectivity index (χ1n) is 7.11. The van der Waals surface area contributed by atoms with Crippen molar-refractivity contribution in [3.8, 4) is 5.75 Å². The number of carbonyl (C=O) groups excluding carboxylic acids is 1. The SMILES string of the molecule is COc1ccc(CNC(=O)C(C)(C)c2ccccc2)cc1Br. The van der Waals surface area contributed by atoms with Gasteiger partial charge >= 0.3 is 0 Å². The number of rotatable bonds is 5. The van der Waals surface area contributed by atoms with Crippen molar-refractivity contribution in [2.45, 2.75) is 25.8 Å². The Balaban J connectivity index is 2.05. The fraction of sp³-hybridized carbons (Fsp3) is 0.278. The molecule has 0 aromatic heterocycles. The smallest absolute Gasteiger partial charge is 0.230 e. The molecule has 0 aliphatic heterocycles. The zero-order valence-electron chi connectivity index (χ0n) is 13.0. The molecule has 116 valence electrons. The van der Waals surface area contributed by atoms with Gasteiger partial charge in [0.2, 0.25) is 5.91 Å². The second kappa shape index (κ2) is 6.97. The Hall–Kier alpha value is -1.81. The van der Waals surface area contributed by atoms with E-state index in [9.17, 15) is 4.79 Å². The number of nitrogens with one attached hydrogen (secondary N) is 1. The number of amides is 1. The van der Waals surface area contributed by atoms with Gasteiger partial charge in [0.25, 0.3) is 0 Å². The molecule has 0 fully saturated rings. The Kier molecular flexibility index (Phi) is 5.24. The molecule has 0 radical (unpaired) electrons. The number of methoxy groups -OCH3 is 1. The molecule has 0 atom stereocenters. The molecule has 0 aliphatic carbocycles. The summed E-state index contributed by atoms with van der Waals surface area (Å²) in [5.41, 5.74) is 1.46. The molecule has 0 unspecified atom stereocenters. The minimum Gasteiger partial charge on any atom is -0.496 e. The molecule has 0 saturated heterocycles. The Bertz CT molecular complexity index is 653. The molecule has 1 amide bonds. The maximum absolute atomic E-state index is 12.5. The largest absolute Gasteiger partial charge is 0.496 e. The number of halogens is 1. The monoisotopic (exact) mass is 361 g/mol. The number of hydrogen-bond donors (Lipinski definition) is 1. The fourth-order valence-electron chi connectivity index (χ4n) is 2.21. The van der Waals surface area contributed by atoms with E-state index in [4.69, 9.17) is 4.74 Å². The van der Waals surface area contributed by atoms with Crippen LogP contribution in [0.15, 0.2) is 53.0 Å². The van der Waals surface area contributed by atoms with E-state index in [2.05, 4.69) is 21.2 Å². The molecule has 3 nitrogen and oxygen atoms in total. The second-order valence-electron chi connectivity index (χ2n) is 5.64. The van der Waals surface area contributed by atoms with E-state index >= 15 is 0 Å². The van der Waals surface area contributed by atoms with Gasteiger partial charge < -0.3 is 10.1 Å². The Morgan fingerprint density at radius 1 is 1.18 bits per heavy atom. The van der Waals surface area contributed by atoms with E-state index in [-0.39, 0.29) is 5.91 Å². The van der Waals surface area contributed by atoms with Gasteiger partial charge in [0.15, 0.2) is 0 Å². The van der Waals surface area contributed by atoms with Crippen molar-refractivity contribution in [2.75, 3.05) is 7.11 Å². The van der Waals surface area contributed by atoms with Gasteiger partial charge in [-0.25, -0.2) is 0 Å². The first-order chi connectivity index (χ1) is 10.4. The van der Waals surface area contributed by atoms with Gasteiger partial charge in [0, 0.05) is 6.54 Å². The molecular weight excluding hydrogens is 342 g/mol. The topological polar surface area (TPSA) is 38.3 Å². The third kappa shape index (κ3) is 3.69. The summed E-state index contributed by atoms with van der Waals surface area (Å²) in [5.74, 6) is 0.783. The van der Waals surface area contributed by atoms with Gasteiger partial charge in [0.05, 0.1) is 17.0 Å². The summed E-state index contributed by atoms with van der Waals surface area (Å²) in [6, 6.07) is 15.6. The number of carbonyl (C=O) groups is 1. The molecule has 2 rings (SSSR count). The van der Waals surface area contributed by atoms with Crippen molar-refractivity contribution in [1.82, 2.24) is 5.32 Å². The van der Waals surface area contributed by atoms with Crippen molar-refractivity contribution in [3.05, 3.63) is 64.1 Å². The number of benzene rings is 2. The molecule has 0 saturated carbocycles. The van der Waals surface area contributed by atoms with Crippen LogP contribution < -0.4 is 10.1 Å². The van der Waals surface area contributed by atoms with Crippen LogP contribution in [0.5, 0.6) is 5.75 Å². The van der Waals surface area contributed by atoms with Crippen LogP contribution in [0.3, 0.4) is 0 Å². The van der Waals surface area contributed by atoms with Crippen LogP contribution >= 0.6 is 15.9 Å². The number of hydrogen-bond acceptors (Lipinski definition) is 2. The Morgan fingerprint density at radius 2 is 1.86 bits per heavy atom. The quantitative estimate of drug-likeness (QED) is 0.872. The molecule has 2 aromatic carbocycles. The maximum atomic E-state index is 12.5. The standard InChI is InChI=1S/C18H20BrNO2/c1-18(2,14-7-5-4-6-8-14)17(21)20-12-13-9-10-16(22-3)15(19)11-13/h4-11H,12H2,1-3H3,(H,20,21). The van der Waals surface area contributed by atoms with E-state index in [1.54, 1.807) is 7.11 Å². The van der Waals surface area contributed by atoms with Gasteiger partial charge in [-0.05, 0) is 53.0 Å². The minimum atomic E-state index is -0.565. The first kappa shape index (κ1) is 16.6. The summed E-state index contributed by atoms with van der Waals surface area (Å²) in [7, 11) is 1.63. The molecule has 0 spiro atoms. The van der Waals surface area contributed by atoms with Gasteiger partial charge in [-0.1, -0.05) is 36.4 Å². The molecule has 2 aromatic rings. The van der Waals surface area contributed by atoms with Crippen molar-refractivity contribution in [2.24, 2.45) is 0 Å². The summed E-state index contributed by atoms with van der Waals surface area (Å²) < 4.78 is 6.08. The summed E-state index contributed by atoms with van der Waals surface area (Å²) in [6.45, 7) is 4.35. The van der Waals surface area contributed by atoms with Crippen LogP contribution in [-0.4, -0.2) is 13.0 Å². The van der Waals surface area contributed by atoms with E-state index < -0.39 is 5.41 Å². The van der Waals surface area contributed by atoms with Crippen LogP contribution in [0.2, 0.25) is 0 Å². The summed E-state index contributed by atoms with van der Waals surface area (Å²) >= 11 is 3.45. The summed E-state index contributed by atoms with van der Waals surface area (Å²) in [5, 5.41) is 3.00. The third-order valence-corrected chi connectivity index (χ3v) is 4.35. The lowest BCUT2D eigenvalue weighted by atomic mass is 9.84. The predicted molar refractivity (Wildman–Crippen MR) is 92.0 cm³/mol. The normalized spacial score (nSPS) is 11.1. The molecule has 0 heterocycles. The molecule has 1 N–H and O–H groups in total. The van der Waals surface area contributed by atoms with E-state index in [1.807, 2.05) is 62.4 Å². The van der Waals surface area contributed by atoms with Crippen LogP contribution in [0, 0.1) is 0 Å². The van der Waals surface area contributed by atoms with E-state index in [0.29, 0.717) is 6.54 Å². The zero-order chi connectivity index (χ0) is 16.2. The molecule has 22 heavy (non-hydrogen) atoms. The molecule has 4 heteroatoms. The van der Waals surface area contributed by atoms with Gasteiger partial charge in [0.1, 0.15) is 5.75 Å². The van der Waals surface area contributed by atoms with Crippen molar-refractivity contribution >= 4 is 21.8 Å². The predicted octanol–water partition coefficient (Wildman–Crippen LogP) is 4.05. The van der Waals surface area contributed by atoms with Gasteiger partial charge in [-0.15, -0.1) is 0 Å². The minimum absolute atomic E-state index is 0.00522. The van der Waals surface area contributed by atoms with E-state index in [0.717, 1.165) is 21.3 Å². The van der Waals surface area contributed by atoms with Crippen LogP contribution in [-0.2, 0) is 16.8 Å². The van der Waals surface area contributed by atoms with Gasteiger partial charge in [-0.2, -0.15) is 0 Å². The summed E-state index contributed by atoms with van der Waals surface area (Å²) in [6.07, 6.45) is 0. The highest BCUT2D eigenvalue weighted by molar-refractivity contribution is 9.10. The average Bonchev–Trinajstić information content (AvgIpc) is 2.53. The van der Waals surface area contributed by atoms with Crippen LogP contribution in [0.25, 0.3) is 0 Å². The van der Waals surface area contributed by atoms with Crippen molar-refractivity contribution in [3.63, 3.8) is 0 Å². The lowest BCUT2D eigenvalue weighted by Crippen LogP contribution is -2.39. The lowest BCUT2D eigenvalue weighted by molar-refractivity contribution is -0.125. The van der Waals surface area contributed by atoms with Crippen molar-refractivity contribution < 1.29 is 9.53 Å². The lowest BCUT2D eigenvalue weighted by Gasteiger charge is -2.24. The molecule has 0 bridgehead atoms. The Labute approximate surface area is 139 Å². The molecule has 0 aliphatic rings. The van der Waals surface area contributed by atoms with Gasteiger partial charge in [-0.3, -0.25) is 4.79 Å². The van der Waals surface area contributed by atoms with E-state index in [1.165, 1.54) is 0 Å². The zero-order valence-corrected chi connectivity index (χ0v) is 14.6.